The van der Waals surface area contributed by atoms with Crippen molar-refractivity contribution in [2.24, 2.45) is 0 Å². The first-order chi connectivity index (χ1) is 8.25. The standard InChI is InChI=1S/C10H7ClN6/c1-6-15-9(11)7-4-14-17(10(7)16-6)8-5-12-2-3-13-8/h2-5H,1H3. The van der Waals surface area contributed by atoms with Crippen LogP contribution in [0.2, 0.25) is 5.15 Å². The van der Waals surface area contributed by atoms with Gasteiger partial charge in [0, 0.05) is 12.4 Å². The lowest BCUT2D eigenvalue weighted by molar-refractivity contribution is 0.848. The summed E-state index contributed by atoms with van der Waals surface area (Å²) in [4.78, 5) is 16.5. The van der Waals surface area contributed by atoms with Crippen molar-refractivity contribution >= 4 is 22.6 Å². The first-order valence-corrected chi connectivity index (χ1v) is 5.28. The van der Waals surface area contributed by atoms with E-state index >= 15 is 0 Å². The second-order valence-corrected chi connectivity index (χ2v) is 3.78. The molecule has 7 heteroatoms. The van der Waals surface area contributed by atoms with E-state index in [9.17, 15) is 0 Å². The molecule has 0 fully saturated rings. The molecule has 84 valence electrons. The van der Waals surface area contributed by atoms with E-state index < -0.39 is 0 Å². The minimum atomic E-state index is 0.391. The van der Waals surface area contributed by atoms with Gasteiger partial charge in [0.15, 0.2) is 11.5 Å². The number of hydrogen-bond donors (Lipinski definition) is 0. The summed E-state index contributed by atoms with van der Waals surface area (Å²) in [7, 11) is 0. The summed E-state index contributed by atoms with van der Waals surface area (Å²) in [5.41, 5.74) is 0.628. The van der Waals surface area contributed by atoms with Gasteiger partial charge in [-0.15, -0.1) is 0 Å². The zero-order valence-electron chi connectivity index (χ0n) is 8.87. The molecule has 0 saturated carbocycles. The summed E-state index contributed by atoms with van der Waals surface area (Å²) in [6.45, 7) is 1.78. The van der Waals surface area contributed by atoms with Crippen LogP contribution in [0.15, 0.2) is 24.8 Å². The van der Waals surface area contributed by atoms with Crippen molar-refractivity contribution in [1.29, 1.82) is 0 Å². The number of nitrogens with zero attached hydrogens (tertiary/aromatic N) is 6. The van der Waals surface area contributed by atoms with Crippen molar-refractivity contribution in [3.63, 3.8) is 0 Å². The molecule has 0 spiro atoms. The van der Waals surface area contributed by atoms with Crippen LogP contribution in [0.1, 0.15) is 5.82 Å². The van der Waals surface area contributed by atoms with Crippen LogP contribution in [0.4, 0.5) is 0 Å². The minimum Gasteiger partial charge on any atom is -0.259 e. The van der Waals surface area contributed by atoms with Crippen molar-refractivity contribution in [3.05, 3.63) is 35.8 Å². The van der Waals surface area contributed by atoms with Crippen LogP contribution in [0.5, 0.6) is 0 Å². The lowest BCUT2D eigenvalue weighted by Gasteiger charge is -2.01. The highest BCUT2D eigenvalue weighted by Crippen LogP contribution is 2.21. The molecule has 0 aromatic carbocycles. The highest BCUT2D eigenvalue weighted by Gasteiger charge is 2.11. The number of rotatable bonds is 1. The van der Waals surface area contributed by atoms with Gasteiger partial charge in [0.1, 0.15) is 11.0 Å². The fourth-order valence-electron chi connectivity index (χ4n) is 1.54. The molecule has 0 aliphatic heterocycles. The predicted octanol–water partition coefficient (Wildman–Crippen LogP) is 1.57. The number of aromatic nitrogens is 6. The van der Waals surface area contributed by atoms with Crippen molar-refractivity contribution < 1.29 is 0 Å². The summed E-state index contributed by atoms with van der Waals surface area (Å²) in [5.74, 6) is 1.19. The van der Waals surface area contributed by atoms with Crippen LogP contribution < -0.4 is 0 Å². The number of aryl methyl sites for hydroxylation is 1. The average molecular weight is 247 g/mol. The Bertz CT molecular complexity index is 678. The monoisotopic (exact) mass is 246 g/mol. The van der Waals surface area contributed by atoms with Gasteiger partial charge in [-0.2, -0.15) is 9.78 Å². The summed E-state index contributed by atoms with van der Waals surface area (Å²) >= 11 is 6.02. The smallest absolute Gasteiger partial charge is 0.174 e. The van der Waals surface area contributed by atoms with Gasteiger partial charge < -0.3 is 0 Å². The Hall–Kier alpha value is -2.08. The third-order valence-electron chi connectivity index (χ3n) is 2.26. The number of fused-ring (bicyclic) bond motifs is 1. The molecule has 6 nitrogen and oxygen atoms in total. The Balaban J connectivity index is 2.32. The second-order valence-electron chi connectivity index (χ2n) is 3.42. The second kappa shape index (κ2) is 3.74. The molecule has 0 amide bonds. The van der Waals surface area contributed by atoms with E-state index in [2.05, 4.69) is 25.0 Å². The third-order valence-corrected chi connectivity index (χ3v) is 2.55. The number of hydrogen-bond acceptors (Lipinski definition) is 5. The first-order valence-electron chi connectivity index (χ1n) is 4.90. The van der Waals surface area contributed by atoms with E-state index in [1.807, 2.05) is 0 Å². The topological polar surface area (TPSA) is 69.4 Å². The summed E-state index contributed by atoms with van der Waals surface area (Å²) in [6, 6.07) is 0. The Morgan fingerprint density at radius 1 is 1.18 bits per heavy atom. The van der Waals surface area contributed by atoms with Crippen molar-refractivity contribution in [3.8, 4) is 5.82 Å². The highest BCUT2D eigenvalue weighted by atomic mass is 35.5. The SMILES string of the molecule is Cc1nc(Cl)c2cnn(-c3cnccn3)c2n1. The highest BCUT2D eigenvalue weighted by molar-refractivity contribution is 6.33. The first kappa shape index (κ1) is 10.1. The van der Waals surface area contributed by atoms with Crippen LogP contribution in [-0.4, -0.2) is 29.7 Å². The Labute approximate surface area is 101 Å². The molecular formula is C10H7ClN6. The summed E-state index contributed by atoms with van der Waals surface area (Å²) < 4.78 is 1.59. The van der Waals surface area contributed by atoms with Crippen LogP contribution in [-0.2, 0) is 0 Å². The maximum Gasteiger partial charge on any atom is 0.174 e. The van der Waals surface area contributed by atoms with Gasteiger partial charge in [0.05, 0.1) is 17.8 Å². The molecule has 3 heterocycles. The molecule has 0 atom stereocenters. The minimum absolute atomic E-state index is 0.391. The van der Waals surface area contributed by atoms with Gasteiger partial charge in [-0.3, -0.25) is 4.98 Å². The molecule has 3 aromatic heterocycles. The molecule has 0 saturated heterocycles. The van der Waals surface area contributed by atoms with Gasteiger partial charge in [-0.1, -0.05) is 11.6 Å². The molecule has 0 unspecified atom stereocenters. The molecule has 3 rings (SSSR count). The fourth-order valence-corrected chi connectivity index (χ4v) is 1.80. The van der Waals surface area contributed by atoms with Gasteiger partial charge in [-0.25, -0.2) is 15.0 Å². The largest absolute Gasteiger partial charge is 0.259 e. The summed E-state index contributed by atoms with van der Waals surface area (Å²) in [5, 5.41) is 5.28. The van der Waals surface area contributed by atoms with Gasteiger partial charge in [0.2, 0.25) is 0 Å². The van der Waals surface area contributed by atoms with E-state index in [1.165, 1.54) is 0 Å². The molecular weight excluding hydrogens is 240 g/mol. The fraction of sp³-hybridized carbons (Fsp3) is 0.100. The molecule has 17 heavy (non-hydrogen) atoms. The van der Waals surface area contributed by atoms with Gasteiger partial charge in [0.25, 0.3) is 0 Å². The van der Waals surface area contributed by atoms with E-state index in [-0.39, 0.29) is 0 Å². The normalized spacial score (nSPS) is 10.9. The van der Waals surface area contributed by atoms with Crippen molar-refractivity contribution in [2.45, 2.75) is 6.92 Å². The molecule has 0 aliphatic carbocycles. The van der Waals surface area contributed by atoms with Crippen molar-refractivity contribution in [1.82, 2.24) is 29.7 Å². The van der Waals surface area contributed by atoms with Gasteiger partial charge in [-0.05, 0) is 6.92 Å². The zero-order valence-corrected chi connectivity index (χ0v) is 9.63. The molecule has 0 N–H and O–H groups in total. The molecule has 3 aromatic rings. The lowest BCUT2D eigenvalue weighted by atomic mass is 10.4. The number of halogens is 1. The van der Waals surface area contributed by atoms with Crippen LogP contribution in [0, 0.1) is 6.92 Å². The Morgan fingerprint density at radius 2 is 2.06 bits per heavy atom. The Morgan fingerprint density at radius 3 is 2.82 bits per heavy atom. The van der Waals surface area contributed by atoms with E-state index in [1.54, 1.807) is 36.4 Å². The zero-order chi connectivity index (χ0) is 11.8. The van der Waals surface area contributed by atoms with Crippen molar-refractivity contribution in [2.75, 3.05) is 0 Å². The van der Waals surface area contributed by atoms with Crippen LogP contribution in [0.3, 0.4) is 0 Å². The lowest BCUT2D eigenvalue weighted by Crippen LogP contribution is -2.01. The molecule has 0 aliphatic rings. The molecule has 0 radical (unpaired) electrons. The van der Waals surface area contributed by atoms with E-state index in [4.69, 9.17) is 11.6 Å². The van der Waals surface area contributed by atoms with Crippen LogP contribution >= 0.6 is 11.6 Å². The average Bonchev–Trinajstić information content (AvgIpc) is 2.74. The maximum absolute atomic E-state index is 6.02. The quantitative estimate of drug-likeness (QED) is 0.610. The maximum atomic E-state index is 6.02. The third kappa shape index (κ3) is 1.62. The Kier molecular flexibility index (Phi) is 2.22. The van der Waals surface area contributed by atoms with E-state index in [0.29, 0.717) is 27.8 Å². The summed E-state index contributed by atoms with van der Waals surface area (Å²) in [6.07, 6.45) is 6.42. The molecule has 0 bridgehead atoms. The van der Waals surface area contributed by atoms with E-state index in [0.717, 1.165) is 0 Å². The predicted molar refractivity (Wildman–Crippen MR) is 62.0 cm³/mol. The van der Waals surface area contributed by atoms with Crippen LogP contribution in [0.25, 0.3) is 16.9 Å². The van der Waals surface area contributed by atoms with Gasteiger partial charge >= 0.3 is 0 Å².